The van der Waals surface area contributed by atoms with E-state index in [0.29, 0.717) is 16.7 Å². The van der Waals surface area contributed by atoms with Gasteiger partial charge in [-0.3, -0.25) is 0 Å². The molecule has 0 amide bonds. The molecular formula is C14H17NO4. The first-order valence-electron chi connectivity index (χ1n) is 6.25. The third kappa shape index (κ3) is 2.77. The molecule has 0 aliphatic carbocycles. The summed E-state index contributed by atoms with van der Waals surface area (Å²) in [6, 6.07) is 7.00. The van der Waals surface area contributed by atoms with Crippen molar-refractivity contribution in [3.05, 3.63) is 35.6 Å². The average molecular weight is 263 g/mol. The number of carboxylic acids is 1. The van der Waals surface area contributed by atoms with Crippen LogP contribution in [-0.4, -0.2) is 28.8 Å². The Balaban J connectivity index is 2.31. The highest BCUT2D eigenvalue weighted by Gasteiger charge is 2.20. The Morgan fingerprint density at radius 2 is 2.16 bits per heavy atom. The van der Waals surface area contributed by atoms with Crippen molar-refractivity contribution in [1.29, 1.82) is 0 Å². The van der Waals surface area contributed by atoms with Gasteiger partial charge in [0, 0.05) is 11.4 Å². The first-order valence-corrected chi connectivity index (χ1v) is 6.25. The standard InChI is InChI=1S/C14H17NO4/c1-2-9(8-16)15-7-12-13(14(17)18)10-5-3-4-6-11(10)19-12/h3-6,9,15-16H,2,7-8H2,1H3,(H,17,18). The van der Waals surface area contributed by atoms with E-state index in [1.165, 1.54) is 0 Å². The zero-order valence-corrected chi connectivity index (χ0v) is 10.7. The minimum absolute atomic E-state index is 0.0130. The van der Waals surface area contributed by atoms with E-state index in [1.807, 2.05) is 6.92 Å². The highest BCUT2D eigenvalue weighted by molar-refractivity contribution is 6.03. The Morgan fingerprint density at radius 3 is 2.79 bits per heavy atom. The first kappa shape index (κ1) is 13.6. The van der Waals surface area contributed by atoms with Crippen LogP contribution in [0.2, 0.25) is 0 Å². The summed E-state index contributed by atoms with van der Waals surface area (Å²) in [5, 5.41) is 22.1. The van der Waals surface area contributed by atoms with Crippen molar-refractivity contribution >= 4 is 16.9 Å². The predicted octanol–water partition coefficient (Wildman–Crippen LogP) is 1.99. The van der Waals surface area contributed by atoms with Crippen LogP contribution in [0.3, 0.4) is 0 Å². The number of para-hydroxylation sites is 1. The fourth-order valence-electron chi connectivity index (χ4n) is 2.03. The minimum atomic E-state index is -1.00. The zero-order chi connectivity index (χ0) is 13.8. The summed E-state index contributed by atoms with van der Waals surface area (Å²) in [7, 11) is 0. The number of benzene rings is 1. The van der Waals surface area contributed by atoms with Crippen molar-refractivity contribution < 1.29 is 19.4 Å². The van der Waals surface area contributed by atoms with Crippen molar-refractivity contribution in [1.82, 2.24) is 5.32 Å². The number of aliphatic hydroxyl groups is 1. The highest BCUT2D eigenvalue weighted by atomic mass is 16.4. The molecule has 1 aromatic heterocycles. The number of rotatable bonds is 6. The van der Waals surface area contributed by atoms with E-state index in [0.717, 1.165) is 6.42 Å². The van der Waals surface area contributed by atoms with Gasteiger partial charge in [-0.1, -0.05) is 25.1 Å². The SMILES string of the molecule is CCC(CO)NCc1oc2ccccc2c1C(=O)O. The van der Waals surface area contributed by atoms with Gasteiger partial charge < -0.3 is 19.9 Å². The lowest BCUT2D eigenvalue weighted by Gasteiger charge is -2.12. The van der Waals surface area contributed by atoms with E-state index in [9.17, 15) is 9.90 Å². The summed E-state index contributed by atoms with van der Waals surface area (Å²) in [5.74, 6) is -0.612. The maximum absolute atomic E-state index is 11.3. The molecule has 19 heavy (non-hydrogen) atoms. The number of aliphatic hydroxyl groups excluding tert-OH is 1. The van der Waals surface area contributed by atoms with Crippen LogP contribution >= 0.6 is 0 Å². The van der Waals surface area contributed by atoms with Gasteiger partial charge in [-0.15, -0.1) is 0 Å². The number of hydrogen-bond acceptors (Lipinski definition) is 4. The number of aromatic carboxylic acids is 1. The molecule has 0 spiro atoms. The van der Waals surface area contributed by atoms with Crippen LogP contribution in [0, 0.1) is 0 Å². The van der Waals surface area contributed by atoms with E-state index in [4.69, 9.17) is 9.52 Å². The lowest BCUT2D eigenvalue weighted by molar-refractivity contribution is 0.0696. The van der Waals surface area contributed by atoms with Gasteiger partial charge in [-0.25, -0.2) is 4.79 Å². The molecule has 0 aliphatic rings. The van der Waals surface area contributed by atoms with E-state index in [1.54, 1.807) is 24.3 Å². The molecule has 2 rings (SSSR count). The Bertz CT molecular complexity index is 572. The molecule has 1 aromatic carbocycles. The number of furan rings is 1. The van der Waals surface area contributed by atoms with Crippen LogP contribution < -0.4 is 5.32 Å². The van der Waals surface area contributed by atoms with Gasteiger partial charge in [0.25, 0.3) is 0 Å². The monoisotopic (exact) mass is 263 g/mol. The highest BCUT2D eigenvalue weighted by Crippen LogP contribution is 2.25. The van der Waals surface area contributed by atoms with Gasteiger partial charge in [-0.2, -0.15) is 0 Å². The lowest BCUT2D eigenvalue weighted by Crippen LogP contribution is -2.31. The van der Waals surface area contributed by atoms with Gasteiger partial charge in [-0.05, 0) is 12.5 Å². The Hall–Kier alpha value is -1.85. The molecule has 3 N–H and O–H groups in total. The summed E-state index contributed by atoms with van der Waals surface area (Å²) < 4.78 is 5.57. The maximum Gasteiger partial charge on any atom is 0.339 e. The molecule has 102 valence electrons. The van der Waals surface area contributed by atoms with E-state index in [-0.39, 0.29) is 24.8 Å². The summed E-state index contributed by atoms with van der Waals surface area (Å²) in [6.07, 6.45) is 0.763. The molecule has 0 saturated carbocycles. The molecule has 0 bridgehead atoms. The molecule has 5 heteroatoms. The van der Waals surface area contributed by atoms with Gasteiger partial charge >= 0.3 is 5.97 Å². The molecule has 1 heterocycles. The summed E-state index contributed by atoms with van der Waals surface area (Å²) in [5.41, 5.74) is 0.754. The van der Waals surface area contributed by atoms with Crippen LogP contribution in [0.5, 0.6) is 0 Å². The van der Waals surface area contributed by atoms with Gasteiger partial charge in [0.1, 0.15) is 16.9 Å². The molecule has 0 radical (unpaired) electrons. The van der Waals surface area contributed by atoms with Gasteiger partial charge in [0.2, 0.25) is 0 Å². The fourth-order valence-corrected chi connectivity index (χ4v) is 2.03. The molecule has 0 saturated heterocycles. The third-order valence-electron chi connectivity index (χ3n) is 3.15. The normalized spacial score (nSPS) is 12.7. The zero-order valence-electron chi connectivity index (χ0n) is 10.7. The van der Waals surface area contributed by atoms with Crippen molar-refractivity contribution in [3.63, 3.8) is 0 Å². The fraction of sp³-hybridized carbons (Fsp3) is 0.357. The Morgan fingerprint density at radius 1 is 1.42 bits per heavy atom. The molecule has 1 unspecified atom stereocenters. The van der Waals surface area contributed by atoms with Crippen LogP contribution in [0.15, 0.2) is 28.7 Å². The Labute approximate surface area is 110 Å². The van der Waals surface area contributed by atoms with E-state index < -0.39 is 5.97 Å². The van der Waals surface area contributed by atoms with Crippen LogP contribution in [0.1, 0.15) is 29.5 Å². The second-order valence-electron chi connectivity index (χ2n) is 4.37. The van der Waals surface area contributed by atoms with Crippen molar-refractivity contribution in [3.8, 4) is 0 Å². The van der Waals surface area contributed by atoms with Gasteiger partial charge in [0.15, 0.2) is 0 Å². The lowest BCUT2D eigenvalue weighted by atomic mass is 10.1. The van der Waals surface area contributed by atoms with Crippen molar-refractivity contribution in [2.45, 2.75) is 25.9 Å². The van der Waals surface area contributed by atoms with Crippen LogP contribution in [0.4, 0.5) is 0 Å². The second kappa shape index (κ2) is 5.86. The summed E-state index contributed by atoms with van der Waals surface area (Å²) >= 11 is 0. The number of carbonyl (C=O) groups is 1. The third-order valence-corrected chi connectivity index (χ3v) is 3.15. The smallest absolute Gasteiger partial charge is 0.339 e. The topological polar surface area (TPSA) is 82.7 Å². The number of fused-ring (bicyclic) bond motifs is 1. The summed E-state index contributed by atoms with van der Waals surface area (Å²) in [4.78, 5) is 11.3. The molecule has 0 aliphatic heterocycles. The van der Waals surface area contributed by atoms with Crippen LogP contribution in [0.25, 0.3) is 11.0 Å². The number of nitrogens with one attached hydrogen (secondary N) is 1. The molecule has 5 nitrogen and oxygen atoms in total. The molecule has 2 aromatic rings. The quantitative estimate of drug-likeness (QED) is 0.742. The van der Waals surface area contributed by atoms with Crippen LogP contribution in [-0.2, 0) is 6.54 Å². The first-order chi connectivity index (χ1) is 9.17. The van der Waals surface area contributed by atoms with E-state index in [2.05, 4.69) is 5.32 Å². The van der Waals surface area contributed by atoms with Crippen molar-refractivity contribution in [2.75, 3.05) is 6.61 Å². The molecular weight excluding hydrogens is 246 g/mol. The summed E-state index contributed by atoms with van der Waals surface area (Å²) in [6.45, 7) is 2.25. The van der Waals surface area contributed by atoms with Crippen molar-refractivity contribution in [2.24, 2.45) is 0 Å². The average Bonchev–Trinajstić information content (AvgIpc) is 2.78. The second-order valence-corrected chi connectivity index (χ2v) is 4.37. The molecule has 1 atom stereocenters. The largest absolute Gasteiger partial charge is 0.478 e. The maximum atomic E-state index is 11.3. The molecule has 0 fully saturated rings. The van der Waals surface area contributed by atoms with E-state index >= 15 is 0 Å². The van der Waals surface area contributed by atoms with Gasteiger partial charge in [0.05, 0.1) is 13.2 Å². The Kier molecular flexibility index (Phi) is 4.19. The number of carboxylic acid groups (broad SMARTS) is 1. The number of hydrogen-bond donors (Lipinski definition) is 3. The predicted molar refractivity (Wildman–Crippen MR) is 71.2 cm³/mol. The minimum Gasteiger partial charge on any atom is -0.478 e.